The maximum absolute atomic E-state index is 2.82. The van der Waals surface area contributed by atoms with Gasteiger partial charge in [-0.15, -0.1) is 9.24 Å². The van der Waals surface area contributed by atoms with Crippen LogP contribution in [-0.4, -0.2) is 5.66 Å². The van der Waals surface area contributed by atoms with Crippen LogP contribution in [-0.2, 0) is 0 Å². The van der Waals surface area contributed by atoms with Crippen molar-refractivity contribution >= 4 is 9.24 Å². The highest BCUT2D eigenvalue weighted by Gasteiger charge is 2.01. The first-order valence-corrected chi connectivity index (χ1v) is 3.60. The van der Waals surface area contributed by atoms with Crippen LogP contribution in [0.3, 0.4) is 0 Å². The lowest BCUT2D eigenvalue weighted by Gasteiger charge is -2.10. The predicted octanol–water partition coefficient (Wildman–Crippen LogP) is 2.30. The average Bonchev–Trinajstić information content (AvgIpc) is 1.65. The highest BCUT2D eigenvalue weighted by molar-refractivity contribution is 7.17. The second-order valence-corrected chi connectivity index (χ2v) is 3.30. The smallest absolute Gasteiger partial charge is 0.0267 e. The highest BCUT2D eigenvalue weighted by atomic mass is 31.0. The van der Waals surface area contributed by atoms with Crippen molar-refractivity contribution in [2.24, 2.45) is 5.92 Å². The summed E-state index contributed by atoms with van der Waals surface area (Å²) in [5, 5.41) is 0. The molecule has 0 heterocycles. The van der Waals surface area contributed by atoms with Crippen molar-refractivity contribution in [3.63, 3.8) is 0 Å². The maximum atomic E-state index is 2.82. The van der Waals surface area contributed by atoms with Gasteiger partial charge in [0.05, 0.1) is 0 Å². The summed E-state index contributed by atoms with van der Waals surface area (Å²) in [6.45, 7) is 6.74. The molecule has 7 heavy (non-hydrogen) atoms. The third-order valence-corrected chi connectivity index (χ3v) is 2.20. The van der Waals surface area contributed by atoms with E-state index in [2.05, 4.69) is 30.0 Å². The molecule has 0 aliphatic rings. The van der Waals surface area contributed by atoms with Gasteiger partial charge in [-0.2, -0.15) is 0 Å². The van der Waals surface area contributed by atoms with Crippen LogP contribution in [0, 0.1) is 5.92 Å². The molecule has 0 aromatic carbocycles. The standard InChI is InChI=1S/C6H15P/c1-4-5(2)6(3)7/h5-6H,4,7H2,1-3H3. The average molecular weight is 118 g/mol. The first-order valence-electron chi connectivity index (χ1n) is 2.94. The number of hydrogen-bond acceptors (Lipinski definition) is 0. The first-order chi connectivity index (χ1) is 3.18. The molecule has 0 nitrogen and oxygen atoms in total. The SMILES string of the molecule is CCC(C)C(C)P. The van der Waals surface area contributed by atoms with Crippen LogP contribution in [0.1, 0.15) is 27.2 Å². The maximum Gasteiger partial charge on any atom is -0.0267 e. The quantitative estimate of drug-likeness (QED) is 0.488. The summed E-state index contributed by atoms with van der Waals surface area (Å²) in [5.41, 5.74) is 0.782. The summed E-state index contributed by atoms with van der Waals surface area (Å²) in [4.78, 5) is 0. The van der Waals surface area contributed by atoms with E-state index in [1.807, 2.05) is 0 Å². The van der Waals surface area contributed by atoms with Gasteiger partial charge in [0.15, 0.2) is 0 Å². The fraction of sp³-hybridized carbons (Fsp3) is 1.00. The van der Waals surface area contributed by atoms with Gasteiger partial charge in [0.2, 0.25) is 0 Å². The molecule has 3 unspecified atom stereocenters. The lowest BCUT2D eigenvalue weighted by atomic mass is 10.1. The lowest BCUT2D eigenvalue weighted by Crippen LogP contribution is -2.03. The van der Waals surface area contributed by atoms with Crippen LogP contribution in [0.2, 0.25) is 0 Å². The summed E-state index contributed by atoms with van der Waals surface area (Å²) in [6.07, 6.45) is 1.30. The summed E-state index contributed by atoms with van der Waals surface area (Å²) in [5.74, 6) is 0.866. The summed E-state index contributed by atoms with van der Waals surface area (Å²) >= 11 is 0. The Labute approximate surface area is 48.9 Å². The molecule has 0 saturated carbocycles. The molecule has 0 radical (unpaired) electrons. The fourth-order valence-corrected chi connectivity index (χ4v) is 0.644. The lowest BCUT2D eigenvalue weighted by molar-refractivity contribution is 0.557. The van der Waals surface area contributed by atoms with Crippen molar-refractivity contribution in [2.45, 2.75) is 32.9 Å². The third-order valence-electron chi connectivity index (χ3n) is 1.54. The van der Waals surface area contributed by atoms with Gasteiger partial charge in [0.1, 0.15) is 0 Å². The molecule has 0 amide bonds. The molecule has 0 fully saturated rings. The van der Waals surface area contributed by atoms with E-state index in [9.17, 15) is 0 Å². The monoisotopic (exact) mass is 118 g/mol. The molecule has 0 aliphatic carbocycles. The van der Waals surface area contributed by atoms with Crippen LogP contribution in [0.15, 0.2) is 0 Å². The summed E-state index contributed by atoms with van der Waals surface area (Å²) in [6, 6.07) is 0. The predicted molar refractivity (Wildman–Crippen MR) is 38.6 cm³/mol. The van der Waals surface area contributed by atoms with E-state index in [0.29, 0.717) is 0 Å². The Morgan fingerprint density at radius 2 is 1.86 bits per heavy atom. The molecule has 0 aliphatic heterocycles. The van der Waals surface area contributed by atoms with Crippen molar-refractivity contribution in [2.75, 3.05) is 0 Å². The van der Waals surface area contributed by atoms with Crippen LogP contribution in [0.4, 0.5) is 0 Å². The molecule has 0 rings (SSSR count). The molecular formula is C6H15P. The zero-order chi connectivity index (χ0) is 5.86. The van der Waals surface area contributed by atoms with Crippen LogP contribution >= 0.6 is 9.24 Å². The largest absolute Gasteiger partial charge is 0.134 e. The second-order valence-electron chi connectivity index (χ2n) is 2.24. The van der Waals surface area contributed by atoms with Crippen molar-refractivity contribution in [1.29, 1.82) is 0 Å². The van der Waals surface area contributed by atoms with Gasteiger partial charge >= 0.3 is 0 Å². The van der Waals surface area contributed by atoms with Crippen molar-refractivity contribution in [1.82, 2.24) is 0 Å². The highest BCUT2D eigenvalue weighted by Crippen LogP contribution is 2.14. The van der Waals surface area contributed by atoms with Gasteiger partial charge in [0.25, 0.3) is 0 Å². The third kappa shape index (κ3) is 3.05. The first kappa shape index (κ1) is 7.43. The molecule has 0 N–H and O–H groups in total. The number of hydrogen-bond donors (Lipinski definition) is 0. The Morgan fingerprint density at radius 3 is 1.86 bits per heavy atom. The molecule has 1 heteroatoms. The Hall–Kier alpha value is 0.430. The van der Waals surface area contributed by atoms with Gasteiger partial charge in [-0.1, -0.05) is 27.2 Å². The Morgan fingerprint density at radius 1 is 1.43 bits per heavy atom. The second kappa shape index (κ2) is 3.43. The van der Waals surface area contributed by atoms with Gasteiger partial charge < -0.3 is 0 Å². The summed E-state index contributed by atoms with van der Waals surface area (Å²) in [7, 11) is 2.82. The molecule has 44 valence electrons. The minimum absolute atomic E-state index is 0.782. The van der Waals surface area contributed by atoms with E-state index in [1.165, 1.54) is 6.42 Å². The topological polar surface area (TPSA) is 0 Å². The Balaban J connectivity index is 3.14. The zero-order valence-electron chi connectivity index (χ0n) is 5.44. The zero-order valence-corrected chi connectivity index (χ0v) is 6.59. The van der Waals surface area contributed by atoms with E-state index in [1.54, 1.807) is 0 Å². The minimum atomic E-state index is 0.782. The van der Waals surface area contributed by atoms with E-state index >= 15 is 0 Å². The molecule has 0 bridgehead atoms. The van der Waals surface area contributed by atoms with Gasteiger partial charge in [-0.25, -0.2) is 0 Å². The van der Waals surface area contributed by atoms with Crippen LogP contribution in [0.25, 0.3) is 0 Å². The van der Waals surface area contributed by atoms with Crippen molar-refractivity contribution in [3.8, 4) is 0 Å². The van der Waals surface area contributed by atoms with Crippen LogP contribution < -0.4 is 0 Å². The van der Waals surface area contributed by atoms with Crippen LogP contribution in [0.5, 0.6) is 0 Å². The minimum Gasteiger partial charge on any atom is -0.134 e. The fourth-order valence-electron chi connectivity index (χ4n) is 0.372. The molecule has 3 atom stereocenters. The van der Waals surface area contributed by atoms with Gasteiger partial charge in [0, 0.05) is 0 Å². The Kier molecular flexibility index (Phi) is 3.65. The molecule has 0 aromatic heterocycles. The normalized spacial score (nSPS) is 18.9. The van der Waals surface area contributed by atoms with E-state index < -0.39 is 0 Å². The van der Waals surface area contributed by atoms with E-state index in [-0.39, 0.29) is 0 Å². The number of rotatable bonds is 2. The molecule has 0 spiro atoms. The van der Waals surface area contributed by atoms with E-state index in [4.69, 9.17) is 0 Å². The summed E-state index contributed by atoms with van der Waals surface area (Å²) < 4.78 is 0. The van der Waals surface area contributed by atoms with E-state index in [0.717, 1.165) is 11.6 Å². The van der Waals surface area contributed by atoms with Gasteiger partial charge in [-0.05, 0) is 11.6 Å². The molecule has 0 saturated heterocycles. The molecular weight excluding hydrogens is 103 g/mol. The van der Waals surface area contributed by atoms with Gasteiger partial charge in [-0.3, -0.25) is 0 Å². The van der Waals surface area contributed by atoms with Crippen molar-refractivity contribution < 1.29 is 0 Å². The molecule has 0 aromatic rings. The Bertz CT molecular complexity index is 41.4. The van der Waals surface area contributed by atoms with Crippen molar-refractivity contribution in [3.05, 3.63) is 0 Å².